The Hall–Kier alpha value is -0.850. The molecule has 0 unspecified atom stereocenters. The fourth-order valence-corrected chi connectivity index (χ4v) is 10.4. The monoisotopic (exact) mass is 522 g/mol. The molecule has 3 saturated carbocycles. The Morgan fingerprint density at radius 1 is 0.625 bits per heavy atom. The lowest BCUT2D eigenvalue weighted by atomic mass is 10.0. The molecular weight excluding hydrogens is 480 g/mol. The molecule has 10 nitrogen and oxygen atoms in total. The van der Waals surface area contributed by atoms with E-state index in [-0.39, 0.29) is 9.76 Å². The van der Waals surface area contributed by atoms with Gasteiger partial charge in [0.15, 0.2) is 0 Å². The van der Waals surface area contributed by atoms with Gasteiger partial charge in [-0.1, -0.05) is 57.8 Å². The highest BCUT2D eigenvalue weighted by Crippen LogP contribution is 2.30. The molecule has 0 aromatic heterocycles. The van der Waals surface area contributed by atoms with Gasteiger partial charge in [0.05, 0.1) is 15.7 Å². The maximum absolute atomic E-state index is 12.5. The molecule has 3 N–H and O–H groups in total. The van der Waals surface area contributed by atoms with Crippen LogP contribution in [0.1, 0.15) is 101 Å². The van der Waals surface area contributed by atoms with E-state index < -0.39 is 49.9 Å². The topological polar surface area (TPSA) is 191 Å². The molecule has 0 bridgehead atoms. The van der Waals surface area contributed by atoms with E-state index in [9.17, 15) is 25.3 Å². The molecule has 0 spiro atoms. The Bertz CT molecular complexity index is 917. The highest BCUT2D eigenvalue weighted by Gasteiger charge is 2.49. The predicted molar refractivity (Wildman–Crippen MR) is 129 cm³/mol. The van der Waals surface area contributed by atoms with Crippen LogP contribution in [0, 0.1) is 0 Å². The summed E-state index contributed by atoms with van der Waals surface area (Å²) in [5, 5.41) is -1.92. The van der Waals surface area contributed by atoms with Crippen molar-refractivity contribution in [2.75, 3.05) is 0 Å². The van der Waals surface area contributed by atoms with E-state index in [0.29, 0.717) is 38.5 Å². The molecule has 0 saturated heterocycles. The molecule has 3 aliphatic rings. The summed E-state index contributed by atoms with van der Waals surface area (Å²) in [7, 11) is -11.9. The van der Waals surface area contributed by atoms with Crippen molar-refractivity contribution in [1.82, 2.24) is 0 Å². The van der Waals surface area contributed by atoms with Crippen LogP contribution in [0.4, 0.5) is 0 Å². The van der Waals surface area contributed by atoms with E-state index in [1.807, 2.05) is 0 Å². The molecule has 0 atom stereocenters. The minimum atomic E-state index is -4.07. The summed E-state index contributed by atoms with van der Waals surface area (Å²) in [5.41, 5.74) is 9.09. The minimum Gasteiger partial charge on any atom is -0.412 e. The molecule has 0 radical (unpaired) electrons. The standard InChI is InChI=1S/C13H22N2O4S2.C6H12O3S.H2O.3H2/c14-15-13(20(16,17)11-7-3-1-4-8-11)21(18,19)12-9-5-2-6-10-12;7-10(8,9)6-4-2-1-3-5-6;;;;/h11-12H,1-10H2;6H,1-5H2,(H,7,8,9);1H2;3*1H. The summed E-state index contributed by atoms with van der Waals surface area (Å²) in [6, 6.07) is 0. The Morgan fingerprint density at radius 2 is 0.906 bits per heavy atom. The van der Waals surface area contributed by atoms with Crippen molar-refractivity contribution >= 4 is 34.2 Å². The van der Waals surface area contributed by atoms with E-state index in [1.54, 1.807) is 0 Å². The van der Waals surface area contributed by atoms with Crippen molar-refractivity contribution < 1.29 is 44.4 Å². The van der Waals surface area contributed by atoms with Gasteiger partial charge in [0.2, 0.25) is 0 Å². The van der Waals surface area contributed by atoms with Crippen LogP contribution in [0.3, 0.4) is 0 Å². The average Bonchev–Trinajstić information content (AvgIpc) is 2.75. The molecule has 0 amide bonds. The van der Waals surface area contributed by atoms with Gasteiger partial charge >= 0.3 is 4.38 Å². The third-order valence-electron chi connectivity index (χ3n) is 6.52. The molecule has 0 aromatic carbocycles. The largest absolute Gasteiger partial charge is 0.495 e. The molecule has 3 fully saturated rings. The zero-order valence-corrected chi connectivity index (χ0v) is 20.8. The van der Waals surface area contributed by atoms with Crippen molar-refractivity contribution in [3.05, 3.63) is 5.53 Å². The van der Waals surface area contributed by atoms with E-state index in [2.05, 4.69) is 4.79 Å². The highest BCUT2D eigenvalue weighted by atomic mass is 32.3. The maximum Gasteiger partial charge on any atom is 0.495 e. The first-order chi connectivity index (χ1) is 14.5. The van der Waals surface area contributed by atoms with Gasteiger partial charge in [0, 0.05) is 4.28 Å². The number of hydrogen-bond acceptors (Lipinski definition) is 6. The lowest BCUT2D eigenvalue weighted by Gasteiger charge is -2.22. The summed E-state index contributed by atoms with van der Waals surface area (Å²) < 4.78 is 78.9. The van der Waals surface area contributed by atoms with E-state index in [1.165, 1.54) is 0 Å². The third kappa shape index (κ3) is 7.59. The summed E-state index contributed by atoms with van der Waals surface area (Å²) in [6.07, 6.45) is 11.0. The summed E-state index contributed by atoms with van der Waals surface area (Å²) in [4.78, 5) is 2.72. The molecule has 194 valence electrons. The molecule has 0 heterocycles. The quantitative estimate of drug-likeness (QED) is 0.193. The van der Waals surface area contributed by atoms with Crippen LogP contribution in [0.25, 0.3) is 5.53 Å². The molecule has 3 rings (SSSR count). The van der Waals surface area contributed by atoms with E-state index in [4.69, 9.17) is 10.1 Å². The summed E-state index contributed by atoms with van der Waals surface area (Å²) >= 11 is 0. The molecule has 0 aromatic rings. The van der Waals surface area contributed by atoms with Crippen LogP contribution in [-0.2, 0) is 29.8 Å². The fourth-order valence-electron chi connectivity index (χ4n) is 4.67. The van der Waals surface area contributed by atoms with Crippen molar-refractivity contribution in [2.24, 2.45) is 0 Å². The average molecular weight is 523 g/mol. The van der Waals surface area contributed by atoms with Gasteiger partial charge in [-0.3, -0.25) is 4.55 Å². The minimum absolute atomic E-state index is 0. The first-order valence-corrected chi connectivity index (χ1v) is 15.8. The summed E-state index contributed by atoms with van der Waals surface area (Å²) in [5.74, 6) is 0. The molecular formula is C19H42N2O8S3. The van der Waals surface area contributed by atoms with Gasteiger partial charge in [-0.2, -0.15) is 8.42 Å². The Balaban J connectivity index is -0.000000631. The number of hydrogen-bond donors (Lipinski definition) is 1. The Morgan fingerprint density at radius 3 is 1.12 bits per heavy atom. The maximum atomic E-state index is 12.5. The van der Waals surface area contributed by atoms with Gasteiger partial charge in [-0.05, 0) is 38.5 Å². The van der Waals surface area contributed by atoms with Crippen LogP contribution >= 0.6 is 0 Å². The Kier molecular flexibility index (Phi) is 11.5. The van der Waals surface area contributed by atoms with Crippen LogP contribution in [0.2, 0.25) is 0 Å². The SMILES string of the molecule is O.O=S(=O)(O)C1CCCCC1.[HH].[HH].[HH].[N-]=[N+]=C(S(=O)(=O)C1CCCCC1)S(=O)(=O)C1CCCCC1. The van der Waals surface area contributed by atoms with Crippen molar-refractivity contribution in [1.29, 1.82) is 0 Å². The van der Waals surface area contributed by atoms with Crippen molar-refractivity contribution in [3.8, 4) is 0 Å². The predicted octanol–water partition coefficient (Wildman–Crippen LogP) is 3.19. The molecule has 13 heteroatoms. The van der Waals surface area contributed by atoms with E-state index >= 15 is 0 Å². The lowest BCUT2D eigenvalue weighted by Crippen LogP contribution is -2.40. The van der Waals surface area contributed by atoms with Crippen molar-refractivity contribution in [3.63, 3.8) is 0 Å². The van der Waals surface area contributed by atoms with Crippen LogP contribution in [-0.4, -0.2) is 60.2 Å². The summed E-state index contributed by atoms with van der Waals surface area (Å²) in [6.45, 7) is 0. The van der Waals surface area contributed by atoms with Crippen LogP contribution < -0.4 is 0 Å². The highest BCUT2D eigenvalue weighted by molar-refractivity contribution is 8.31. The Labute approximate surface area is 196 Å². The fraction of sp³-hybridized carbons (Fsp3) is 0.947. The first-order valence-electron chi connectivity index (χ1n) is 11.2. The second kappa shape index (κ2) is 12.6. The number of sulfone groups is 2. The first kappa shape index (κ1) is 29.2. The van der Waals surface area contributed by atoms with Crippen molar-refractivity contribution in [2.45, 2.75) is 112 Å². The second-order valence-corrected chi connectivity index (χ2v) is 15.0. The van der Waals surface area contributed by atoms with Gasteiger partial charge < -0.3 is 11.0 Å². The zero-order valence-electron chi connectivity index (χ0n) is 18.4. The zero-order chi connectivity index (χ0) is 23.1. The lowest BCUT2D eigenvalue weighted by molar-refractivity contribution is 0.00359. The number of rotatable bonds is 3. The normalized spacial score (nSPS) is 22.0. The molecule has 32 heavy (non-hydrogen) atoms. The van der Waals surface area contributed by atoms with Crippen LogP contribution in [0.5, 0.6) is 0 Å². The molecule has 0 aliphatic heterocycles. The van der Waals surface area contributed by atoms with Gasteiger partial charge in [-0.25, -0.2) is 16.8 Å². The third-order valence-corrected chi connectivity index (χ3v) is 13.1. The number of nitrogens with zero attached hydrogens (tertiary/aromatic N) is 2. The molecule has 3 aliphatic carbocycles. The van der Waals surface area contributed by atoms with Gasteiger partial charge in [0.1, 0.15) is 0 Å². The van der Waals surface area contributed by atoms with Crippen LogP contribution in [0.15, 0.2) is 0 Å². The van der Waals surface area contributed by atoms with Gasteiger partial charge in [-0.15, -0.1) is 4.79 Å². The second-order valence-electron chi connectivity index (χ2n) is 8.75. The van der Waals surface area contributed by atoms with E-state index in [0.717, 1.165) is 57.8 Å². The van der Waals surface area contributed by atoms with Gasteiger partial charge in [0.25, 0.3) is 29.8 Å². The smallest absolute Gasteiger partial charge is 0.412 e.